The molecule has 0 aromatic heterocycles. The molecule has 3 rings (SSSR count). The van der Waals surface area contributed by atoms with Crippen LogP contribution < -0.4 is 14.8 Å². The number of carboxylic acids is 1. The third-order valence-corrected chi connectivity index (χ3v) is 5.19. The summed E-state index contributed by atoms with van der Waals surface area (Å²) >= 11 is 0. The van der Waals surface area contributed by atoms with Crippen molar-refractivity contribution < 1.29 is 24.2 Å². The Balaban J connectivity index is 1.64. The highest BCUT2D eigenvalue weighted by atomic mass is 16.5. The molecule has 0 heterocycles. The molecule has 0 aliphatic heterocycles. The molecule has 0 spiro atoms. The Hall–Kier alpha value is -3.80. The molecule has 2 N–H and O–H groups in total. The number of amides is 1. The highest BCUT2D eigenvalue weighted by Crippen LogP contribution is 2.24. The van der Waals surface area contributed by atoms with Crippen LogP contribution in [0, 0.1) is 5.92 Å². The summed E-state index contributed by atoms with van der Waals surface area (Å²) in [6.07, 6.45) is 0.881. The number of benzene rings is 3. The van der Waals surface area contributed by atoms with Crippen LogP contribution in [0.5, 0.6) is 17.2 Å². The van der Waals surface area contributed by atoms with E-state index in [9.17, 15) is 14.7 Å². The van der Waals surface area contributed by atoms with Crippen molar-refractivity contribution in [1.82, 2.24) is 5.32 Å². The lowest BCUT2D eigenvalue weighted by atomic mass is 9.95. The largest absolute Gasteiger partial charge is 0.496 e. The molecule has 0 saturated carbocycles. The molecule has 3 aromatic carbocycles. The first-order valence-electron chi connectivity index (χ1n) is 10.5. The molecule has 6 nitrogen and oxygen atoms in total. The molecule has 0 saturated heterocycles. The van der Waals surface area contributed by atoms with E-state index in [0.717, 1.165) is 16.9 Å². The van der Waals surface area contributed by atoms with Crippen molar-refractivity contribution >= 4 is 11.9 Å². The van der Waals surface area contributed by atoms with Gasteiger partial charge in [-0.1, -0.05) is 43.3 Å². The van der Waals surface area contributed by atoms with Crippen molar-refractivity contribution in [3.63, 3.8) is 0 Å². The van der Waals surface area contributed by atoms with Gasteiger partial charge in [-0.15, -0.1) is 0 Å². The van der Waals surface area contributed by atoms with Gasteiger partial charge in [-0.3, -0.25) is 9.59 Å². The van der Waals surface area contributed by atoms with Gasteiger partial charge in [0.25, 0.3) is 5.91 Å². The van der Waals surface area contributed by atoms with E-state index >= 15 is 0 Å². The Morgan fingerprint density at radius 2 is 1.59 bits per heavy atom. The highest BCUT2D eigenvalue weighted by molar-refractivity contribution is 5.97. The van der Waals surface area contributed by atoms with Crippen LogP contribution in [-0.2, 0) is 17.8 Å². The molecular formula is C26H27NO5. The summed E-state index contributed by atoms with van der Waals surface area (Å²) in [5.74, 6) is 0.307. The van der Waals surface area contributed by atoms with Gasteiger partial charge in [0.05, 0.1) is 18.6 Å². The normalized spacial score (nSPS) is 11.4. The molecule has 1 amide bonds. The minimum Gasteiger partial charge on any atom is -0.496 e. The van der Waals surface area contributed by atoms with Crippen LogP contribution in [0.15, 0.2) is 72.8 Å². The van der Waals surface area contributed by atoms with Gasteiger partial charge >= 0.3 is 5.97 Å². The van der Waals surface area contributed by atoms with Gasteiger partial charge in [-0.2, -0.15) is 0 Å². The molecule has 0 bridgehead atoms. The zero-order chi connectivity index (χ0) is 22.9. The molecule has 0 unspecified atom stereocenters. The number of carboxylic acid groups (broad SMARTS) is 1. The number of hydrogen-bond acceptors (Lipinski definition) is 4. The van der Waals surface area contributed by atoms with E-state index in [2.05, 4.69) is 5.32 Å². The Morgan fingerprint density at radius 1 is 0.938 bits per heavy atom. The van der Waals surface area contributed by atoms with Crippen LogP contribution >= 0.6 is 0 Å². The first kappa shape index (κ1) is 22.9. The van der Waals surface area contributed by atoms with E-state index in [4.69, 9.17) is 9.47 Å². The minimum absolute atomic E-state index is 0.281. The second kappa shape index (κ2) is 11.0. The van der Waals surface area contributed by atoms with E-state index in [-0.39, 0.29) is 5.91 Å². The quantitative estimate of drug-likeness (QED) is 0.466. The summed E-state index contributed by atoms with van der Waals surface area (Å²) in [6.45, 7) is 2.18. The van der Waals surface area contributed by atoms with Crippen LogP contribution in [-0.4, -0.2) is 24.1 Å². The Bertz CT molecular complexity index is 1050. The van der Waals surface area contributed by atoms with Crippen LogP contribution in [0.1, 0.15) is 34.8 Å². The van der Waals surface area contributed by atoms with Gasteiger partial charge in [-0.05, 0) is 60.4 Å². The van der Waals surface area contributed by atoms with Crippen molar-refractivity contribution in [2.24, 2.45) is 5.92 Å². The summed E-state index contributed by atoms with van der Waals surface area (Å²) < 4.78 is 11.1. The first-order chi connectivity index (χ1) is 15.5. The number of nitrogens with one attached hydrogen (secondary N) is 1. The van der Waals surface area contributed by atoms with Crippen LogP contribution in [0.3, 0.4) is 0 Å². The lowest BCUT2D eigenvalue weighted by Gasteiger charge is -2.14. The van der Waals surface area contributed by atoms with E-state index < -0.39 is 11.9 Å². The fourth-order valence-electron chi connectivity index (χ4n) is 3.33. The zero-order valence-corrected chi connectivity index (χ0v) is 18.2. The smallest absolute Gasteiger partial charge is 0.306 e. The Morgan fingerprint density at radius 3 is 2.22 bits per heavy atom. The van der Waals surface area contributed by atoms with Gasteiger partial charge in [0, 0.05) is 6.54 Å². The van der Waals surface area contributed by atoms with Crippen molar-refractivity contribution in [3.05, 3.63) is 89.5 Å². The number of rotatable bonds is 10. The summed E-state index contributed by atoms with van der Waals surface area (Å²) in [6, 6.07) is 22.2. The van der Waals surface area contributed by atoms with Crippen LogP contribution in [0.4, 0.5) is 0 Å². The maximum atomic E-state index is 12.8. The van der Waals surface area contributed by atoms with E-state index in [1.54, 1.807) is 18.2 Å². The zero-order valence-electron chi connectivity index (χ0n) is 18.2. The number of hydrogen-bond donors (Lipinski definition) is 2. The molecule has 32 heavy (non-hydrogen) atoms. The molecule has 0 radical (unpaired) electrons. The number of aliphatic carboxylic acids is 1. The predicted octanol–water partition coefficient (Wildman–Crippen LogP) is 5.07. The topological polar surface area (TPSA) is 84.9 Å². The second-order valence-electron chi connectivity index (χ2n) is 7.42. The minimum atomic E-state index is -0.839. The molecule has 1 atom stereocenters. The average Bonchev–Trinajstić information content (AvgIpc) is 2.82. The van der Waals surface area contributed by atoms with Gasteiger partial charge in [-0.25, -0.2) is 0 Å². The number of para-hydroxylation sites is 1. The number of methoxy groups -OCH3 is 1. The van der Waals surface area contributed by atoms with Gasteiger partial charge in [0.1, 0.15) is 17.2 Å². The molecule has 0 aliphatic rings. The fraction of sp³-hybridized carbons (Fsp3) is 0.231. The predicted molar refractivity (Wildman–Crippen MR) is 122 cm³/mol. The van der Waals surface area contributed by atoms with E-state index in [1.165, 1.54) is 7.11 Å². The third kappa shape index (κ3) is 6.11. The summed E-state index contributed by atoms with van der Waals surface area (Å²) in [5.41, 5.74) is 2.09. The second-order valence-corrected chi connectivity index (χ2v) is 7.42. The fourth-order valence-corrected chi connectivity index (χ4v) is 3.33. The molecular weight excluding hydrogens is 406 g/mol. The van der Waals surface area contributed by atoms with E-state index in [0.29, 0.717) is 36.4 Å². The van der Waals surface area contributed by atoms with Crippen molar-refractivity contribution in [2.75, 3.05) is 7.11 Å². The Labute approximate surface area is 187 Å². The standard InChI is InChI=1S/C26H27NO5/c1-3-20(26(29)30)15-19-11-14-24(31-2)23(16-19)25(28)27-17-18-9-12-22(13-10-18)32-21-7-5-4-6-8-21/h4-14,16,20H,3,15,17H2,1-2H3,(H,27,28)(H,29,30)/t20-/m1/s1. The van der Waals surface area contributed by atoms with E-state index in [1.807, 2.05) is 61.5 Å². The maximum Gasteiger partial charge on any atom is 0.306 e. The van der Waals surface area contributed by atoms with Crippen LogP contribution in [0.2, 0.25) is 0 Å². The summed E-state index contributed by atoms with van der Waals surface area (Å²) in [4.78, 5) is 24.2. The van der Waals surface area contributed by atoms with Gasteiger partial charge < -0.3 is 19.9 Å². The molecule has 0 aliphatic carbocycles. The highest BCUT2D eigenvalue weighted by Gasteiger charge is 2.18. The van der Waals surface area contributed by atoms with Crippen molar-refractivity contribution in [3.8, 4) is 17.2 Å². The average molecular weight is 434 g/mol. The first-order valence-corrected chi connectivity index (χ1v) is 10.5. The lowest BCUT2D eigenvalue weighted by molar-refractivity contribution is -0.141. The van der Waals surface area contributed by atoms with Gasteiger partial charge in [0.2, 0.25) is 0 Å². The SMILES string of the molecule is CC[C@H](Cc1ccc(OC)c(C(=O)NCc2ccc(Oc3ccccc3)cc2)c1)C(=O)O. The number of carbonyl (C=O) groups excluding carboxylic acids is 1. The maximum absolute atomic E-state index is 12.8. The van der Waals surface area contributed by atoms with Crippen LogP contribution in [0.25, 0.3) is 0 Å². The monoisotopic (exact) mass is 433 g/mol. The van der Waals surface area contributed by atoms with Crippen molar-refractivity contribution in [1.29, 1.82) is 0 Å². The summed E-state index contributed by atoms with van der Waals surface area (Å²) in [7, 11) is 1.50. The summed E-state index contributed by atoms with van der Waals surface area (Å²) in [5, 5.41) is 12.2. The molecule has 6 heteroatoms. The molecule has 166 valence electrons. The lowest BCUT2D eigenvalue weighted by Crippen LogP contribution is -2.24. The molecule has 0 fully saturated rings. The molecule has 3 aromatic rings. The number of ether oxygens (including phenoxy) is 2. The van der Waals surface area contributed by atoms with Crippen molar-refractivity contribution in [2.45, 2.75) is 26.3 Å². The number of carbonyl (C=O) groups is 2. The van der Waals surface area contributed by atoms with Gasteiger partial charge in [0.15, 0.2) is 0 Å². The third-order valence-electron chi connectivity index (χ3n) is 5.19. The Kier molecular flexibility index (Phi) is 7.86.